The molecule has 1 aromatic rings. The van der Waals surface area contributed by atoms with Gasteiger partial charge in [0.2, 0.25) is 10.0 Å². The molecule has 29 heavy (non-hydrogen) atoms. The predicted octanol–water partition coefficient (Wildman–Crippen LogP) is 3.57. The fraction of sp³-hybridized carbons (Fsp3) is 0.533. The number of nitrogens with one attached hydrogen (secondary N) is 1. The quantitative estimate of drug-likeness (QED) is 0.670. The number of halogens is 7. The molecule has 6 nitrogen and oxygen atoms in total. The van der Waals surface area contributed by atoms with E-state index in [-0.39, 0.29) is 36.0 Å². The van der Waals surface area contributed by atoms with Crippen molar-refractivity contribution in [2.24, 2.45) is 5.92 Å². The van der Waals surface area contributed by atoms with Gasteiger partial charge in [-0.25, -0.2) is 17.9 Å². The van der Waals surface area contributed by atoms with Gasteiger partial charge in [-0.1, -0.05) is 17.7 Å². The van der Waals surface area contributed by atoms with Crippen molar-refractivity contribution in [3.63, 3.8) is 0 Å². The average Bonchev–Trinajstić information content (AvgIpc) is 3.05. The summed E-state index contributed by atoms with van der Waals surface area (Å²) in [7, 11) is -3.93. The van der Waals surface area contributed by atoms with Crippen molar-refractivity contribution in [3.8, 4) is 0 Å². The van der Waals surface area contributed by atoms with E-state index in [4.69, 9.17) is 11.6 Å². The molecule has 1 aliphatic heterocycles. The Morgan fingerprint density at radius 3 is 2.41 bits per heavy atom. The van der Waals surface area contributed by atoms with Crippen molar-refractivity contribution in [2.45, 2.75) is 29.8 Å². The van der Waals surface area contributed by atoms with Crippen molar-refractivity contribution in [1.82, 2.24) is 9.62 Å². The number of carbonyl (C=O) groups excluding carboxylic acids is 1. The molecular formula is C15H15ClF6N2O4S. The van der Waals surface area contributed by atoms with Crippen LogP contribution in [-0.2, 0) is 14.8 Å². The second-order valence-electron chi connectivity index (χ2n) is 6.26. The van der Waals surface area contributed by atoms with E-state index in [0.717, 1.165) is 0 Å². The van der Waals surface area contributed by atoms with Crippen LogP contribution in [0.2, 0.25) is 5.02 Å². The third-order valence-corrected chi connectivity index (χ3v) is 5.68. The highest BCUT2D eigenvalue weighted by Gasteiger charge is 2.60. The van der Waals surface area contributed by atoms with E-state index >= 15 is 0 Å². The summed E-state index contributed by atoms with van der Waals surface area (Å²) in [4.78, 5) is 12.3. The molecule has 1 heterocycles. The Hall–Kier alpha value is -1.73. The van der Waals surface area contributed by atoms with E-state index in [2.05, 4.69) is 9.46 Å². The number of alkyl halides is 6. The van der Waals surface area contributed by atoms with Crippen molar-refractivity contribution in [2.75, 3.05) is 19.6 Å². The zero-order chi connectivity index (χ0) is 22.0. The van der Waals surface area contributed by atoms with Gasteiger partial charge in [0, 0.05) is 24.7 Å². The molecule has 0 spiro atoms. The first kappa shape index (κ1) is 23.5. The van der Waals surface area contributed by atoms with Crippen LogP contribution in [0.15, 0.2) is 29.2 Å². The minimum Gasteiger partial charge on any atom is -0.426 e. The monoisotopic (exact) mass is 468 g/mol. The van der Waals surface area contributed by atoms with Gasteiger partial charge in [-0.15, -0.1) is 0 Å². The van der Waals surface area contributed by atoms with E-state index in [0.29, 0.717) is 4.90 Å². The zero-order valence-corrected chi connectivity index (χ0v) is 16.0. The number of nitrogens with zero attached hydrogens (tertiary/aromatic N) is 1. The normalized spacial score (nSPS) is 18.3. The Morgan fingerprint density at radius 1 is 1.24 bits per heavy atom. The number of amides is 1. The minimum absolute atomic E-state index is 0.113. The van der Waals surface area contributed by atoms with Gasteiger partial charge in [-0.3, -0.25) is 0 Å². The van der Waals surface area contributed by atoms with Crippen molar-refractivity contribution in [1.29, 1.82) is 0 Å². The molecule has 1 fully saturated rings. The predicted molar refractivity (Wildman–Crippen MR) is 88.7 cm³/mol. The number of hydrogen-bond donors (Lipinski definition) is 1. The summed E-state index contributed by atoms with van der Waals surface area (Å²) in [5.41, 5.74) is 0. The van der Waals surface area contributed by atoms with Crippen molar-refractivity contribution >= 4 is 27.7 Å². The van der Waals surface area contributed by atoms with Gasteiger partial charge in [0.25, 0.3) is 6.10 Å². The highest BCUT2D eigenvalue weighted by molar-refractivity contribution is 7.89. The standard InChI is InChI=1S/C15H15ClF6N2O4S/c16-10-2-1-3-11(6-10)29(26,27)23-7-9-4-5-24(8-9)13(25)28-12(14(17,18)19)15(20,21)22/h1-3,6,9,12,23H,4-5,7-8H2. The summed E-state index contributed by atoms with van der Waals surface area (Å²) in [6.07, 6.45) is -17.5. The smallest absolute Gasteiger partial charge is 0.426 e. The number of rotatable bonds is 5. The van der Waals surface area contributed by atoms with Gasteiger partial charge >= 0.3 is 18.4 Å². The number of benzene rings is 1. The summed E-state index contributed by atoms with van der Waals surface area (Å²) < 4.78 is 105. The minimum atomic E-state index is -5.81. The van der Waals surface area contributed by atoms with E-state index in [9.17, 15) is 39.6 Å². The van der Waals surface area contributed by atoms with E-state index < -0.39 is 40.5 Å². The topological polar surface area (TPSA) is 75.7 Å². The maximum Gasteiger partial charge on any atom is 0.434 e. The summed E-state index contributed by atoms with van der Waals surface area (Å²) in [6.45, 7) is -0.620. The molecule has 1 atom stereocenters. The lowest BCUT2D eigenvalue weighted by molar-refractivity contribution is -0.308. The van der Waals surface area contributed by atoms with Crippen LogP contribution in [0.3, 0.4) is 0 Å². The lowest BCUT2D eigenvalue weighted by Gasteiger charge is -2.25. The van der Waals surface area contributed by atoms with Crippen LogP contribution in [0.25, 0.3) is 0 Å². The van der Waals surface area contributed by atoms with Gasteiger partial charge in [-0.2, -0.15) is 26.3 Å². The van der Waals surface area contributed by atoms with Gasteiger partial charge in [-0.05, 0) is 30.5 Å². The first-order valence-corrected chi connectivity index (χ1v) is 9.90. The molecule has 1 N–H and O–H groups in total. The molecular weight excluding hydrogens is 454 g/mol. The highest BCUT2D eigenvalue weighted by atomic mass is 35.5. The van der Waals surface area contributed by atoms with E-state index in [1.54, 1.807) is 0 Å². The molecule has 0 radical (unpaired) electrons. The van der Waals surface area contributed by atoms with Gasteiger partial charge in [0.1, 0.15) is 0 Å². The molecule has 0 bridgehead atoms. The molecule has 0 aromatic heterocycles. The van der Waals surface area contributed by atoms with Crippen molar-refractivity contribution in [3.05, 3.63) is 29.3 Å². The Bertz CT molecular complexity index is 832. The summed E-state index contributed by atoms with van der Waals surface area (Å²) in [5, 5.41) is 0.187. The lowest BCUT2D eigenvalue weighted by Crippen LogP contribution is -2.48. The Kier molecular flexibility index (Phi) is 6.95. The maximum atomic E-state index is 12.5. The Labute approximate surface area is 166 Å². The summed E-state index contributed by atoms with van der Waals surface area (Å²) >= 11 is 5.73. The van der Waals surface area contributed by atoms with Crippen LogP contribution in [-0.4, -0.2) is 57.5 Å². The first-order chi connectivity index (χ1) is 13.2. The van der Waals surface area contributed by atoms with Crippen LogP contribution < -0.4 is 4.72 Å². The molecule has 14 heteroatoms. The molecule has 0 saturated carbocycles. The number of ether oxygens (including phenoxy) is 1. The fourth-order valence-electron chi connectivity index (χ4n) is 2.60. The SMILES string of the molecule is O=C(OC(C(F)(F)F)C(F)(F)F)N1CCC(CNS(=O)(=O)c2cccc(Cl)c2)C1. The molecule has 0 aliphatic carbocycles. The Morgan fingerprint density at radius 2 is 1.86 bits per heavy atom. The van der Waals surface area contributed by atoms with Crippen LogP contribution in [0.5, 0.6) is 0 Å². The highest BCUT2D eigenvalue weighted by Crippen LogP contribution is 2.36. The number of sulfonamides is 1. The molecule has 1 amide bonds. The average molecular weight is 469 g/mol. The van der Waals surface area contributed by atoms with Gasteiger partial charge in [0.15, 0.2) is 0 Å². The molecule has 1 aliphatic rings. The number of likely N-dealkylation sites (tertiary alicyclic amines) is 1. The zero-order valence-electron chi connectivity index (χ0n) is 14.4. The van der Waals surface area contributed by atoms with E-state index in [1.807, 2.05) is 0 Å². The van der Waals surface area contributed by atoms with Gasteiger partial charge < -0.3 is 9.64 Å². The van der Waals surface area contributed by atoms with E-state index in [1.165, 1.54) is 24.3 Å². The van der Waals surface area contributed by atoms with Crippen LogP contribution in [0.4, 0.5) is 31.1 Å². The third kappa shape index (κ3) is 6.37. The maximum absolute atomic E-state index is 12.5. The fourth-order valence-corrected chi connectivity index (χ4v) is 4.02. The third-order valence-electron chi connectivity index (χ3n) is 4.03. The second-order valence-corrected chi connectivity index (χ2v) is 8.46. The molecule has 2 rings (SSSR count). The number of hydrogen-bond acceptors (Lipinski definition) is 4. The van der Waals surface area contributed by atoms with Crippen molar-refractivity contribution < 1.29 is 44.3 Å². The van der Waals surface area contributed by atoms with Crippen LogP contribution in [0.1, 0.15) is 6.42 Å². The molecule has 164 valence electrons. The molecule has 1 aromatic carbocycles. The van der Waals surface area contributed by atoms with Crippen LogP contribution in [0, 0.1) is 5.92 Å². The largest absolute Gasteiger partial charge is 0.434 e. The Balaban J connectivity index is 1.93. The van der Waals surface area contributed by atoms with Gasteiger partial charge in [0.05, 0.1) is 4.90 Å². The second kappa shape index (κ2) is 8.56. The molecule has 1 saturated heterocycles. The molecule has 1 unspecified atom stereocenters. The lowest BCUT2D eigenvalue weighted by atomic mass is 10.1. The summed E-state index contributed by atoms with van der Waals surface area (Å²) in [6, 6.07) is 5.38. The summed E-state index contributed by atoms with van der Waals surface area (Å²) in [5.74, 6) is -0.522. The van der Waals surface area contributed by atoms with Crippen LogP contribution >= 0.6 is 11.6 Å². The number of carbonyl (C=O) groups is 1. The first-order valence-electron chi connectivity index (χ1n) is 8.04.